The molecule has 3 aromatic rings. The SMILES string of the molecule is O=C(Nc1nccs1)Nc1cc(C(F)(F)F)ccc1Oc1ccc(Cl)cc1. The van der Waals surface area contributed by atoms with E-state index in [1.54, 1.807) is 29.6 Å². The molecule has 0 aliphatic heterocycles. The van der Waals surface area contributed by atoms with E-state index in [4.69, 9.17) is 16.3 Å². The summed E-state index contributed by atoms with van der Waals surface area (Å²) in [7, 11) is 0. The van der Waals surface area contributed by atoms with Crippen LogP contribution in [-0.2, 0) is 6.18 Å². The fourth-order valence-corrected chi connectivity index (χ4v) is 2.71. The zero-order valence-electron chi connectivity index (χ0n) is 13.4. The first-order chi connectivity index (χ1) is 12.8. The van der Waals surface area contributed by atoms with Gasteiger partial charge < -0.3 is 10.1 Å². The van der Waals surface area contributed by atoms with Gasteiger partial charge in [-0.25, -0.2) is 9.78 Å². The molecule has 2 N–H and O–H groups in total. The topological polar surface area (TPSA) is 63.2 Å². The Morgan fingerprint density at radius 1 is 1.11 bits per heavy atom. The van der Waals surface area contributed by atoms with Gasteiger partial charge in [-0.15, -0.1) is 11.3 Å². The van der Waals surface area contributed by atoms with E-state index in [0.717, 1.165) is 18.2 Å². The van der Waals surface area contributed by atoms with Crippen LogP contribution in [0.1, 0.15) is 5.56 Å². The third-order valence-corrected chi connectivity index (χ3v) is 4.19. The number of anilines is 2. The highest BCUT2D eigenvalue weighted by Gasteiger charge is 2.31. The fraction of sp³-hybridized carbons (Fsp3) is 0.0588. The molecule has 0 aliphatic rings. The van der Waals surface area contributed by atoms with E-state index in [1.165, 1.54) is 17.5 Å². The Morgan fingerprint density at radius 3 is 2.48 bits per heavy atom. The zero-order chi connectivity index (χ0) is 19.4. The van der Waals surface area contributed by atoms with Crippen LogP contribution in [0.15, 0.2) is 54.0 Å². The van der Waals surface area contributed by atoms with Gasteiger partial charge in [0.25, 0.3) is 0 Å². The van der Waals surface area contributed by atoms with Crippen LogP contribution in [0.2, 0.25) is 5.02 Å². The summed E-state index contributed by atoms with van der Waals surface area (Å²) in [5.74, 6) is 0.391. The number of hydrogen-bond acceptors (Lipinski definition) is 4. The van der Waals surface area contributed by atoms with E-state index < -0.39 is 17.8 Å². The predicted octanol–water partition coefficient (Wildman–Crippen LogP) is 6.25. The lowest BCUT2D eigenvalue weighted by atomic mass is 10.1. The van der Waals surface area contributed by atoms with Crippen molar-refractivity contribution in [2.45, 2.75) is 6.18 Å². The van der Waals surface area contributed by atoms with Crippen LogP contribution >= 0.6 is 22.9 Å². The lowest BCUT2D eigenvalue weighted by molar-refractivity contribution is -0.137. The van der Waals surface area contributed by atoms with Crippen molar-refractivity contribution in [3.05, 3.63) is 64.6 Å². The Balaban J connectivity index is 1.87. The first-order valence-corrected chi connectivity index (χ1v) is 8.69. The molecule has 0 bridgehead atoms. The number of benzene rings is 2. The van der Waals surface area contributed by atoms with Gasteiger partial charge in [0, 0.05) is 16.6 Å². The van der Waals surface area contributed by atoms with Gasteiger partial charge in [-0.05, 0) is 42.5 Å². The molecule has 1 heterocycles. The maximum absolute atomic E-state index is 13.0. The number of alkyl halides is 3. The number of hydrogen-bond donors (Lipinski definition) is 2. The number of carbonyl (C=O) groups excluding carboxylic acids is 1. The predicted molar refractivity (Wildman–Crippen MR) is 97.7 cm³/mol. The average Bonchev–Trinajstić information content (AvgIpc) is 3.10. The summed E-state index contributed by atoms with van der Waals surface area (Å²) in [6, 6.07) is 8.31. The number of aromatic nitrogens is 1. The van der Waals surface area contributed by atoms with Gasteiger partial charge >= 0.3 is 12.2 Å². The Labute approximate surface area is 160 Å². The van der Waals surface area contributed by atoms with E-state index in [9.17, 15) is 18.0 Å². The Kier molecular flexibility index (Phi) is 5.52. The molecule has 0 fully saturated rings. The minimum absolute atomic E-state index is 0.0413. The molecule has 0 atom stereocenters. The van der Waals surface area contributed by atoms with Crippen LogP contribution in [-0.4, -0.2) is 11.0 Å². The highest BCUT2D eigenvalue weighted by molar-refractivity contribution is 7.13. The molecule has 10 heteroatoms. The second kappa shape index (κ2) is 7.85. The molecule has 3 rings (SSSR count). The first-order valence-electron chi connectivity index (χ1n) is 7.43. The largest absolute Gasteiger partial charge is 0.455 e. The summed E-state index contributed by atoms with van der Waals surface area (Å²) in [6.45, 7) is 0. The summed E-state index contributed by atoms with van der Waals surface area (Å²) in [4.78, 5) is 16.0. The molecule has 2 amide bonds. The number of thiazole rings is 1. The number of nitrogens with one attached hydrogen (secondary N) is 2. The number of rotatable bonds is 4. The second-order valence-electron chi connectivity index (χ2n) is 5.18. The normalized spacial score (nSPS) is 11.1. The summed E-state index contributed by atoms with van der Waals surface area (Å²) >= 11 is 6.97. The molecule has 0 saturated carbocycles. The molecule has 27 heavy (non-hydrogen) atoms. The highest BCUT2D eigenvalue weighted by atomic mass is 35.5. The van der Waals surface area contributed by atoms with Crippen molar-refractivity contribution in [1.82, 2.24) is 4.98 Å². The second-order valence-corrected chi connectivity index (χ2v) is 6.51. The lowest BCUT2D eigenvalue weighted by Crippen LogP contribution is -2.20. The number of urea groups is 1. The fourth-order valence-electron chi connectivity index (χ4n) is 2.06. The smallest absolute Gasteiger partial charge is 0.416 e. The molecular weight excluding hydrogens is 403 g/mol. The zero-order valence-corrected chi connectivity index (χ0v) is 15.0. The van der Waals surface area contributed by atoms with Crippen LogP contribution in [0.4, 0.5) is 28.8 Å². The highest BCUT2D eigenvalue weighted by Crippen LogP contribution is 2.37. The lowest BCUT2D eigenvalue weighted by Gasteiger charge is -2.15. The van der Waals surface area contributed by atoms with E-state index in [0.29, 0.717) is 15.9 Å². The molecule has 0 radical (unpaired) electrons. The van der Waals surface area contributed by atoms with E-state index in [1.807, 2.05) is 0 Å². The number of halogens is 4. The Morgan fingerprint density at radius 2 is 1.85 bits per heavy atom. The van der Waals surface area contributed by atoms with E-state index in [-0.39, 0.29) is 11.4 Å². The van der Waals surface area contributed by atoms with Crippen LogP contribution < -0.4 is 15.4 Å². The summed E-state index contributed by atoms with van der Waals surface area (Å²) < 4.78 is 44.7. The molecule has 1 aromatic heterocycles. The summed E-state index contributed by atoms with van der Waals surface area (Å²) in [5.41, 5.74) is -1.07. The molecule has 0 unspecified atom stereocenters. The van der Waals surface area contributed by atoms with Gasteiger partial charge in [-0.2, -0.15) is 13.2 Å². The number of nitrogens with zero attached hydrogens (tertiary/aromatic N) is 1. The van der Waals surface area contributed by atoms with Crippen LogP contribution in [0.3, 0.4) is 0 Å². The summed E-state index contributed by atoms with van der Waals surface area (Å²) in [6.07, 6.45) is -3.08. The minimum atomic E-state index is -4.57. The molecule has 0 spiro atoms. The van der Waals surface area contributed by atoms with Crippen molar-refractivity contribution in [2.75, 3.05) is 10.6 Å². The van der Waals surface area contributed by atoms with Gasteiger partial charge in [0.2, 0.25) is 0 Å². The van der Waals surface area contributed by atoms with Crippen molar-refractivity contribution < 1.29 is 22.7 Å². The van der Waals surface area contributed by atoms with Crippen LogP contribution in [0.5, 0.6) is 11.5 Å². The summed E-state index contributed by atoms with van der Waals surface area (Å²) in [5, 5.41) is 7.22. The van der Waals surface area contributed by atoms with Crippen molar-refractivity contribution in [3.8, 4) is 11.5 Å². The van der Waals surface area contributed by atoms with Gasteiger partial charge in [-0.3, -0.25) is 5.32 Å². The van der Waals surface area contributed by atoms with E-state index >= 15 is 0 Å². The molecular formula is C17H11ClF3N3O2S. The Bertz CT molecular complexity index is 932. The molecule has 0 saturated heterocycles. The van der Waals surface area contributed by atoms with Crippen molar-refractivity contribution in [2.24, 2.45) is 0 Å². The molecule has 2 aromatic carbocycles. The number of amides is 2. The van der Waals surface area contributed by atoms with Crippen molar-refractivity contribution in [1.29, 1.82) is 0 Å². The minimum Gasteiger partial charge on any atom is -0.455 e. The monoisotopic (exact) mass is 413 g/mol. The standard InChI is InChI=1S/C17H11ClF3N3O2S/c18-11-2-4-12(5-3-11)26-14-6-1-10(17(19,20)21)9-13(14)23-15(25)24-16-22-7-8-27-16/h1-9H,(H2,22,23,24,25). The van der Waals surface area contributed by atoms with E-state index in [2.05, 4.69) is 15.6 Å². The maximum Gasteiger partial charge on any atom is 0.416 e. The van der Waals surface area contributed by atoms with Crippen molar-refractivity contribution >= 4 is 39.8 Å². The van der Waals surface area contributed by atoms with Gasteiger partial charge in [-0.1, -0.05) is 11.6 Å². The number of carbonyl (C=O) groups is 1. The van der Waals surface area contributed by atoms with Gasteiger partial charge in [0.1, 0.15) is 5.75 Å². The van der Waals surface area contributed by atoms with Crippen LogP contribution in [0.25, 0.3) is 0 Å². The quantitative estimate of drug-likeness (QED) is 0.531. The average molecular weight is 414 g/mol. The van der Waals surface area contributed by atoms with Crippen LogP contribution in [0, 0.1) is 0 Å². The molecule has 140 valence electrons. The van der Waals surface area contributed by atoms with Gasteiger partial charge in [0.05, 0.1) is 11.3 Å². The first kappa shape index (κ1) is 19.0. The van der Waals surface area contributed by atoms with Gasteiger partial charge in [0.15, 0.2) is 10.9 Å². The molecule has 5 nitrogen and oxygen atoms in total. The third kappa shape index (κ3) is 5.11. The Hall–Kier alpha value is -2.78. The molecule has 0 aliphatic carbocycles. The maximum atomic E-state index is 13.0. The number of ether oxygens (including phenoxy) is 1. The third-order valence-electron chi connectivity index (χ3n) is 3.25. The van der Waals surface area contributed by atoms with Crippen molar-refractivity contribution in [3.63, 3.8) is 0 Å².